The fourth-order valence-corrected chi connectivity index (χ4v) is 3.51. The van der Waals surface area contributed by atoms with E-state index in [1.807, 2.05) is 42.6 Å². The number of fused-ring (bicyclic) bond motifs is 1. The van der Waals surface area contributed by atoms with Crippen LogP contribution in [0.3, 0.4) is 0 Å². The number of rotatable bonds is 4. The molecule has 0 atom stereocenters. The molecule has 27 heavy (non-hydrogen) atoms. The van der Waals surface area contributed by atoms with Crippen LogP contribution in [0.2, 0.25) is 5.02 Å². The van der Waals surface area contributed by atoms with Gasteiger partial charge >= 0.3 is 0 Å². The molecule has 0 radical (unpaired) electrons. The van der Waals surface area contributed by atoms with Crippen molar-refractivity contribution in [2.24, 2.45) is 0 Å². The molecule has 0 saturated carbocycles. The maximum atomic E-state index is 11.6. The van der Waals surface area contributed by atoms with Crippen LogP contribution in [-0.4, -0.2) is 10.9 Å². The van der Waals surface area contributed by atoms with Crippen molar-refractivity contribution in [2.45, 2.75) is 19.3 Å². The van der Waals surface area contributed by atoms with Gasteiger partial charge in [0.1, 0.15) is 0 Å². The minimum atomic E-state index is 0.0810. The molecule has 4 rings (SSSR count). The summed E-state index contributed by atoms with van der Waals surface area (Å²) in [5.74, 6) is 0.0810. The predicted molar refractivity (Wildman–Crippen MR) is 111 cm³/mol. The Morgan fingerprint density at radius 2 is 2.00 bits per heavy atom. The van der Waals surface area contributed by atoms with Gasteiger partial charge < -0.3 is 5.32 Å². The van der Waals surface area contributed by atoms with Gasteiger partial charge in [0.15, 0.2) is 0 Å². The highest BCUT2D eigenvalue weighted by Gasteiger charge is 2.16. The Hall–Kier alpha value is -2.91. The number of hydrogen-bond acceptors (Lipinski definition) is 2. The number of aryl methyl sites for hydroxylation is 1. The van der Waals surface area contributed by atoms with Crippen molar-refractivity contribution < 1.29 is 4.79 Å². The highest BCUT2D eigenvalue weighted by molar-refractivity contribution is 6.32. The number of halogens is 1. The van der Waals surface area contributed by atoms with Gasteiger partial charge in [0.05, 0.1) is 0 Å². The predicted octanol–water partition coefficient (Wildman–Crippen LogP) is 5.40. The lowest BCUT2D eigenvalue weighted by atomic mass is 9.93. The fourth-order valence-electron chi connectivity index (χ4n) is 3.32. The number of aromatic nitrogens is 1. The molecule has 0 fully saturated rings. The van der Waals surface area contributed by atoms with Gasteiger partial charge in [0.25, 0.3) is 0 Å². The molecule has 2 aromatic carbocycles. The van der Waals surface area contributed by atoms with Gasteiger partial charge in [0.2, 0.25) is 5.91 Å². The molecule has 3 aromatic rings. The van der Waals surface area contributed by atoms with E-state index in [9.17, 15) is 4.79 Å². The summed E-state index contributed by atoms with van der Waals surface area (Å²) < 4.78 is 0. The van der Waals surface area contributed by atoms with E-state index in [1.165, 1.54) is 5.56 Å². The zero-order chi connectivity index (χ0) is 18.6. The molecular weight excluding hydrogens is 356 g/mol. The number of nitrogens with one attached hydrogen (secondary N) is 1. The molecule has 0 spiro atoms. The normalized spacial score (nSPS) is 13.8. The number of carbonyl (C=O) groups is 1. The average molecular weight is 375 g/mol. The maximum absolute atomic E-state index is 11.6. The summed E-state index contributed by atoms with van der Waals surface area (Å²) in [5.41, 5.74) is 6.51. The Bertz CT molecular complexity index is 1010. The molecule has 1 N–H and O–H groups in total. The van der Waals surface area contributed by atoms with E-state index in [-0.39, 0.29) is 5.91 Å². The summed E-state index contributed by atoms with van der Waals surface area (Å²) in [6.45, 7) is 0. The Morgan fingerprint density at radius 3 is 2.81 bits per heavy atom. The largest absolute Gasteiger partial charge is 0.326 e. The summed E-state index contributed by atoms with van der Waals surface area (Å²) in [5, 5.41) is 3.67. The molecule has 0 aliphatic carbocycles. The van der Waals surface area contributed by atoms with Crippen LogP contribution in [-0.2, 0) is 17.6 Å². The minimum absolute atomic E-state index is 0.0810. The van der Waals surface area contributed by atoms with Gasteiger partial charge in [-0.15, -0.1) is 0 Å². The lowest BCUT2D eigenvalue weighted by Gasteiger charge is -2.19. The third-order valence-corrected chi connectivity index (χ3v) is 5.07. The van der Waals surface area contributed by atoms with E-state index < -0.39 is 0 Å². The number of nitrogens with zero attached hydrogens (tertiary/aromatic N) is 1. The maximum Gasteiger partial charge on any atom is 0.224 e. The van der Waals surface area contributed by atoms with Gasteiger partial charge in [-0.25, -0.2) is 0 Å². The fraction of sp³-hybridized carbons (Fsp3) is 0.130. The topological polar surface area (TPSA) is 42.0 Å². The standard InChI is InChI=1S/C23H19ClN2O/c24-21-6-2-1-5-18(21)14-20(12-16-4-3-11-25-15-16)17-7-9-22-19(13-17)8-10-23(27)26-22/h1-7,9,11,13-15H,8,10,12H2,(H,26,27)/b20-14+. The van der Waals surface area contributed by atoms with Gasteiger partial charge in [-0.1, -0.05) is 41.9 Å². The minimum Gasteiger partial charge on any atom is -0.326 e. The quantitative estimate of drug-likeness (QED) is 0.621. The van der Waals surface area contributed by atoms with Crippen molar-refractivity contribution in [3.63, 3.8) is 0 Å². The summed E-state index contributed by atoms with van der Waals surface area (Å²) >= 11 is 6.39. The molecule has 4 heteroatoms. The monoisotopic (exact) mass is 374 g/mol. The van der Waals surface area contributed by atoms with Crippen LogP contribution in [0.15, 0.2) is 67.0 Å². The van der Waals surface area contributed by atoms with Crippen molar-refractivity contribution >= 4 is 34.8 Å². The molecule has 0 unspecified atom stereocenters. The third-order valence-electron chi connectivity index (χ3n) is 4.72. The van der Waals surface area contributed by atoms with Gasteiger partial charge in [-0.05, 0) is 71.0 Å². The molecule has 1 amide bonds. The van der Waals surface area contributed by atoms with Crippen LogP contribution in [0.5, 0.6) is 0 Å². The van der Waals surface area contributed by atoms with E-state index in [2.05, 4.69) is 34.6 Å². The lowest BCUT2D eigenvalue weighted by Crippen LogP contribution is -2.18. The molecule has 2 heterocycles. The first-order valence-corrected chi connectivity index (χ1v) is 9.34. The third kappa shape index (κ3) is 4.09. The lowest BCUT2D eigenvalue weighted by molar-refractivity contribution is -0.116. The molecule has 3 nitrogen and oxygen atoms in total. The van der Waals surface area contributed by atoms with E-state index in [0.29, 0.717) is 6.42 Å². The van der Waals surface area contributed by atoms with Crippen molar-refractivity contribution in [1.29, 1.82) is 0 Å². The molecule has 134 valence electrons. The SMILES string of the molecule is O=C1CCc2cc(/C(=C/c3ccccc3Cl)Cc3cccnc3)ccc2N1. The Balaban J connectivity index is 1.76. The summed E-state index contributed by atoms with van der Waals surface area (Å²) in [4.78, 5) is 15.9. The van der Waals surface area contributed by atoms with Crippen molar-refractivity contribution in [3.05, 3.63) is 94.3 Å². The number of carbonyl (C=O) groups excluding carboxylic acids is 1. The van der Waals surface area contributed by atoms with Crippen LogP contribution >= 0.6 is 11.6 Å². The Labute approximate surface area is 163 Å². The van der Waals surface area contributed by atoms with Gasteiger partial charge in [-0.3, -0.25) is 9.78 Å². The number of benzene rings is 2. The van der Waals surface area contributed by atoms with Crippen molar-refractivity contribution in [1.82, 2.24) is 4.98 Å². The van der Waals surface area contributed by atoms with E-state index in [1.54, 1.807) is 6.20 Å². The first-order chi connectivity index (χ1) is 13.2. The number of pyridine rings is 1. The van der Waals surface area contributed by atoms with Crippen LogP contribution in [0.1, 0.15) is 28.7 Å². The first-order valence-electron chi connectivity index (χ1n) is 8.96. The molecule has 1 aromatic heterocycles. The molecule has 1 aliphatic rings. The summed E-state index contributed by atoms with van der Waals surface area (Å²) in [7, 11) is 0. The number of anilines is 1. The second-order valence-electron chi connectivity index (χ2n) is 6.65. The van der Waals surface area contributed by atoms with E-state index in [4.69, 9.17) is 11.6 Å². The van der Waals surface area contributed by atoms with Gasteiger partial charge in [-0.2, -0.15) is 0 Å². The molecule has 0 bridgehead atoms. The van der Waals surface area contributed by atoms with Crippen molar-refractivity contribution in [2.75, 3.05) is 5.32 Å². The first kappa shape index (κ1) is 17.5. The second kappa shape index (κ2) is 7.77. The zero-order valence-electron chi connectivity index (χ0n) is 14.8. The van der Waals surface area contributed by atoms with Crippen LogP contribution in [0.4, 0.5) is 5.69 Å². The highest BCUT2D eigenvalue weighted by Crippen LogP contribution is 2.30. The second-order valence-corrected chi connectivity index (χ2v) is 7.06. The zero-order valence-corrected chi connectivity index (χ0v) is 15.5. The van der Waals surface area contributed by atoms with Gasteiger partial charge in [0, 0.05) is 29.5 Å². The highest BCUT2D eigenvalue weighted by atomic mass is 35.5. The van der Waals surface area contributed by atoms with Crippen molar-refractivity contribution in [3.8, 4) is 0 Å². The Kier molecular flexibility index (Phi) is 5.03. The molecule has 1 aliphatic heterocycles. The van der Waals surface area contributed by atoms with E-state index >= 15 is 0 Å². The molecule has 0 saturated heterocycles. The number of allylic oxidation sites excluding steroid dienone is 1. The number of amides is 1. The summed E-state index contributed by atoms with van der Waals surface area (Å²) in [6, 6.07) is 18.1. The Morgan fingerprint density at radius 1 is 1.11 bits per heavy atom. The van der Waals surface area contributed by atoms with Crippen LogP contribution < -0.4 is 5.32 Å². The smallest absolute Gasteiger partial charge is 0.224 e. The number of hydrogen-bond donors (Lipinski definition) is 1. The average Bonchev–Trinajstić information content (AvgIpc) is 2.69. The van der Waals surface area contributed by atoms with E-state index in [0.717, 1.165) is 45.8 Å². The van der Waals surface area contributed by atoms with Crippen LogP contribution in [0.25, 0.3) is 11.6 Å². The summed E-state index contributed by atoms with van der Waals surface area (Å²) in [6.07, 6.45) is 7.86. The molecular formula is C23H19ClN2O. The van der Waals surface area contributed by atoms with Crippen LogP contribution in [0, 0.1) is 0 Å².